The topological polar surface area (TPSA) is 104 Å². The van der Waals surface area contributed by atoms with Crippen LogP contribution in [0.4, 0.5) is 49.1 Å². The number of benzene rings is 4. The lowest BCUT2D eigenvalue weighted by Gasteiger charge is -2.38. The summed E-state index contributed by atoms with van der Waals surface area (Å²) in [6.07, 6.45) is -11.2. The lowest BCUT2D eigenvalue weighted by atomic mass is 9.73. The molecular formula is C30H30F6N4. The van der Waals surface area contributed by atoms with Crippen molar-refractivity contribution in [3.8, 4) is 0 Å². The molecule has 0 atom stereocenters. The molecule has 0 radical (unpaired) electrons. The third-order valence-electron chi connectivity index (χ3n) is 6.80. The zero-order valence-corrected chi connectivity index (χ0v) is 21.8. The predicted molar refractivity (Wildman–Crippen MR) is 148 cm³/mol. The third kappa shape index (κ3) is 5.95. The average Bonchev–Trinajstić information content (AvgIpc) is 2.86. The van der Waals surface area contributed by atoms with E-state index in [0.717, 1.165) is 59.9 Å². The van der Waals surface area contributed by atoms with Crippen molar-refractivity contribution in [2.75, 3.05) is 22.9 Å². The first-order chi connectivity index (χ1) is 18.5. The van der Waals surface area contributed by atoms with Crippen LogP contribution in [0.15, 0.2) is 97.1 Å². The average molecular weight is 561 g/mol. The number of rotatable bonds is 4. The van der Waals surface area contributed by atoms with E-state index >= 15 is 0 Å². The first-order valence-electron chi connectivity index (χ1n) is 12.1. The van der Waals surface area contributed by atoms with E-state index in [9.17, 15) is 26.3 Å². The largest absolute Gasteiger partial charge is 0.411 e. The van der Waals surface area contributed by atoms with Gasteiger partial charge in [0.05, 0.1) is 0 Å². The maximum Gasteiger partial charge on any atom is 0.411 e. The maximum atomic E-state index is 13.7. The molecule has 0 aromatic heterocycles. The Bertz CT molecular complexity index is 1280. The zero-order valence-electron chi connectivity index (χ0n) is 21.8. The van der Waals surface area contributed by atoms with E-state index in [0.29, 0.717) is 0 Å². The fourth-order valence-electron chi connectivity index (χ4n) is 4.41. The molecule has 0 aliphatic rings. The van der Waals surface area contributed by atoms with Crippen LogP contribution in [0, 0.1) is 0 Å². The van der Waals surface area contributed by atoms with E-state index < -0.39 is 28.9 Å². The van der Waals surface area contributed by atoms with Crippen LogP contribution in [0.3, 0.4) is 0 Å². The summed E-state index contributed by atoms with van der Waals surface area (Å²) in [6.45, 7) is 4.40. The molecule has 0 saturated heterocycles. The Morgan fingerprint density at radius 3 is 0.775 bits per heavy atom. The standard InChI is InChI=1S/C15H12F6N2.C15H18N2/c16-14(17,18)13(15(19,20)21,9-1-5-11(22)6-2-9)10-3-7-12(23)8-4-10;1-15(2,11-3-7-13(16)8-4-11)12-5-9-14(17)10-6-12/h1-8H,22-23H2;3-10H,16-17H2,1-2H3. The van der Waals surface area contributed by atoms with E-state index in [1.165, 1.54) is 11.1 Å². The van der Waals surface area contributed by atoms with E-state index in [2.05, 4.69) is 38.1 Å². The molecule has 0 aliphatic carbocycles. The molecule has 4 aromatic carbocycles. The number of nitrogens with two attached hydrogens (primary N) is 4. The van der Waals surface area contributed by atoms with Gasteiger partial charge in [0.1, 0.15) is 0 Å². The molecule has 0 aliphatic heterocycles. The summed E-state index contributed by atoms with van der Waals surface area (Å²) in [5.41, 5.74) is 20.2. The van der Waals surface area contributed by atoms with Gasteiger partial charge in [-0.3, -0.25) is 0 Å². The SMILES string of the molecule is CC(C)(c1ccc(N)cc1)c1ccc(N)cc1.Nc1ccc(C(c2ccc(N)cc2)(C(F)(F)F)C(F)(F)F)cc1. The van der Waals surface area contributed by atoms with Gasteiger partial charge >= 0.3 is 12.4 Å². The van der Waals surface area contributed by atoms with Gasteiger partial charge in [0.25, 0.3) is 0 Å². The quantitative estimate of drug-likeness (QED) is 0.154. The van der Waals surface area contributed by atoms with Crippen molar-refractivity contribution >= 4 is 22.7 Å². The van der Waals surface area contributed by atoms with Gasteiger partial charge < -0.3 is 22.9 Å². The molecule has 0 heterocycles. The van der Waals surface area contributed by atoms with E-state index in [4.69, 9.17) is 22.9 Å². The Labute approximate surface area is 228 Å². The molecule has 212 valence electrons. The van der Waals surface area contributed by atoms with Crippen LogP contribution in [0.5, 0.6) is 0 Å². The molecule has 4 nitrogen and oxygen atoms in total. The Kier molecular flexibility index (Phi) is 8.33. The Balaban J connectivity index is 0.000000230. The van der Waals surface area contributed by atoms with Crippen LogP contribution < -0.4 is 22.9 Å². The normalized spacial score (nSPS) is 12.4. The Morgan fingerprint density at radius 1 is 0.375 bits per heavy atom. The van der Waals surface area contributed by atoms with Crippen LogP contribution in [-0.2, 0) is 10.8 Å². The summed E-state index contributed by atoms with van der Waals surface area (Å²) < 4.78 is 82.0. The number of halogens is 6. The van der Waals surface area contributed by atoms with Crippen molar-refractivity contribution in [3.63, 3.8) is 0 Å². The molecular weight excluding hydrogens is 530 g/mol. The highest BCUT2D eigenvalue weighted by Gasteiger charge is 2.72. The number of hydrogen-bond donors (Lipinski definition) is 4. The predicted octanol–water partition coefficient (Wildman–Crippen LogP) is 7.44. The Morgan fingerprint density at radius 2 is 0.575 bits per heavy atom. The van der Waals surface area contributed by atoms with E-state index in [1.54, 1.807) is 0 Å². The van der Waals surface area contributed by atoms with Gasteiger partial charge in [0.15, 0.2) is 0 Å². The van der Waals surface area contributed by atoms with Gasteiger partial charge in [0.2, 0.25) is 5.41 Å². The van der Waals surface area contributed by atoms with Gasteiger partial charge in [-0.15, -0.1) is 0 Å². The van der Waals surface area contributed by atoms with Gasteiger partial charge in [-0.1, -0.05) is 62.4 Å². The smallest absolute Gasteiger partial charge is 0.399 e. The molecule has 0 saturated carbocycles. The molecule has 0 fully saturated rings. The van der Waals surface area contributed by atoms with Gasteiger partial charge in [0, 0.05) is 28.2 Å². The summed E-state index contributed by atoms with van der Waals surface area (Å²) in [5.74, 6) is 0. The second-order valence-corrected chi connectivity index (χ2v) is 9.86. The molecule has 0 bridgehead atoms. The highest BCUT2D eigenvalue weighted by atomic mass is 19.4. The molecule has 8 N–H and O–H groups in total. The number of nitrogen functional groups attached to an aromatic ring is 4. The minimum absolute atomic E-state index is 0.0403. The molecule has 40 heavy (non-hydrogen) atoms. The minimum atomic E-state index is -5.61. The summed E-state index contributed by atoms with van der Waals surface area (Å²) in [5, 5.41) is 0. The zero-order chi connectivity index (χ0) is 29.9. The molecule has 0 amide bonds. The van der Waals surface area contributed by atoms with Crippen LogP contribution in [0.1, 0.15) is 36.1 Å². The summed E-state index contributed by atoms with van der Waals surface area (Å²) in [6, 6.07) is 23.0. The van der Waals surface area contributed by atoms with Crippen LogP contribution >= 0.6 is 0 Å². The summed E-state index contributed by atoms with van der Waals surface area (Å²) >= 11 is 0. The van der Waals surface area contributed by atoms with Crippen molar-refractivity contribution in [1.29, 1.82) is 0 Å². The van der Waals surface area contributed by atoms with Crippen molar-refractivity contribution < 1.29 is 26.3 Å². The monoisotopic (exact) mass is 560 g/mol. The molecule has 0 unspecified atom stereocenters. The van der Waals surface area contributed by atoms with Crippen molar-refractivity contribution in [3.05, 3.63) is 119 Å². The van der Waals surface area contributed by atoms with Crippen molar-refractivity contribution in [1.82, 2.24) is 0 Å². The van der Waals surface area contributed by atoms with Crippen LogP contribution in [0.25, 0.3) is 0 Å². The van der Waals surface area contributed by atoms with Crippen LogP contribution in [-0.4, -0.2) is 12.4 Å². The third-order valence-corrected chi connectivity index (χ3v) is 6.80. The Hall–Kier alpha value is -4.34. The van der Waals surface area contributed by atoms with Gasteiger partial charge in [-0.05, 0) is 70.8 Å². The number of hydrogen-bond acceptors (Lipinski definition) is 4. The number of anilines is 4. The molecule has 10 heteroatoms. The summed E-state index contributed by atoms with van der Waals surface area (Å²) in [7, 11) is 0. The molecule has 4 aromatic rings. The van der Waals surface area contributed by atoms with Crippen molar-refractivity contribution in [2.24, 2.45) is 0 Å². The van der Waals surface area contributed by atoms with Crippen LogP contribution in [0.2, 0.25) is 0 Å². The highest BCUT2D eigenvalue weighted by molar-refractivity contribution is 5.51. The van der Waals surface area contributed by atoms with Gasteiger partial charge in [-0.2, -0.15) is 26.3 Å². The lowest BCUT2D eigenvalue weighted by molar-refractivity contribution is -0.288. The molecule has 0 spiro atoms. The minimum Gasteiger partial charge on any atom is -0.399 e. The molecule has 4 rings (SSSR count). The maximum absolute atomic E-state index is 13.7. The first kappa shape index (κ1) is 30.2. The van der Waals surface area contributed by atoms with E-state index in [-0.39, 0.29) is 16.8 Å². The first-order valence-corrected chi connectivity index (χ1v) is 12.1. The number of alkyl halides is 6. The van der Waals surface area contributed by atoms with Crippen molar-refractivity contribution in [2.45, 2.75) is 37.0 Å². The van der Waals surface area contributed by atoms with E-state index in [1.807, 2.05) is 24.3 Å². The fraction of sp³-hybridized carbons (Fsp3) is 0.200. The summed E-state index contributed by atoms with van der Waals surface area (Å²) in [4.78, 5) is 0. The second-order valence-electron chi connectivity index (χ2n) is 9.86. The highest BCUT2D eigenvalue weighted by Crippen LogP contribution is 2.56. The van der Waals surface area contributed by atoms with Gasteiger partial charge in [-0.25, -0.2) is 0 Å². The second kappa shape index (κ2) is 11.0. The lowest BCUT2D eigenvalue weighted by Crippen LogP contribution is -2.54. The fourth-order valence-corrected chi connectivity index (χ4v) is 4.41.